The number of aliphatic hydroxyl groups excluding tert-OH is 1. The Morgan fingerprint density at radius 3 is 2.73 bits per heavy atom. The van der Waals surface area contributed by atoms with Gasteiger partial charge in [0, 0.05) is 6.20 Å². The van der Waals surface area contributed by atoms with Crippen LogP contribution in [0.5, 0.6) is 0 Å². The molecule has 0 unspecified atom stereocenters. The number of hydrogen-bond donors (Lipinski definition) is 1. The summed E-state index contributed by atoms with van der Waals surface area (Å²) in [6.45, 7) is 3.93. The standard InChI is InChI=1S/C7H11BrN2O/c1-7(2,5-11)10-4-6(8)3-9-10/h3-4,11H,5H2,1-2H3. The Hall–Kier alpha value is -0.350. The SMILES string of the molecule is CC(C)(CO)n1cc(Br)cn1. The second kappa shape index (κ2) is 2.95. The molecule has 1 rings (SSSR count). The third-order valence-corrected chi connectivity index (χ3v) is 1.97. The van der Waals surface area contributed by atoms with E-state index in [1.54, 1.807) is 10.9 Å². The zero-order valence-corrected chi connectivity index (χ0v) is 8.17. The first-order valence-electron chi connectivity index (χ1n) is 3.38. The van der Waals surface area contributed by atoms with Crippen molar-refractivity contribution in [3.8, 4) is 0 Å². The molecule has 1 N–H and O–H groups in total. The minimum atomic E-state index is -0.313. The van der Waals surface area contributed by atoms with E-state index < -0.39 is 0 Å². The summed E-state index contributed by atoms with van der Waals surface area (Å²) in [5, 5.41) is 13.0. The lowest BCUT2D eigenvalue weighted by Gasteiger charge is -2.21. The highest BCUT2D eigenvalue weighted by Crippen LogP contribution is 2.16. The number of aromatic nitrogens is 2. The number of halogens is 1. The molecule has 0 aliphatic carbocycles. The fourth-order valence-corrected chi connectivity index (χ4v) is 0.990. The first kappa shape index (κ1) is 8.74. The van der Waals surface area contributed by atoms with Gasteiger partial charge in [-0.3, -0.25) is 4.68 Å². The van der Waals surface area contributed by atoms with Crippen LogP contribution in [0.1, 0.15) is 13.8 Å². The molecular formula is C7H11BrN2O. The summed E-state index contributed by atoms with van der Waals surface area (Å²) in [6.07, 6.45) is 3.55. The first-order valence-corrected chi connectivity index (χ1v) is 4.17. The highest BCUT2D eigenvalue weighted by molar-refractivity contribution is 9.10. The summed E-state index contributed by atoms with van der Waals surface area (Å²) in [5.41, 5.74) is -0.313. The van der Waals surface area contributed by atoms with E-state index in [0.29, 0.717) is 0 Å². The van der Waals surface area contributed by atoms with E-state index in [4.69, 9.17) is 5.11 Å². The molecule has 4 heteroatoms. The van der Waals surface area contributed by atoms with E-state index in [2.05, 4.69) is 21.0 Å². The lowest BCUT2D eigenvalue weighted by atomic mass is 10.1. The molecule has 0 saturated heterocycles. The molecule has 1 aromatic rings. The highest BCUT2D eigenvalue weighted by Gasteiger charge is 2.19. The normalized spacial score (nSPS) is 12.0. The molecule has 0 aliphatic heterocycles. The maximum atomic E-state index is 8.98. The van der Waals surface area contributed by atoms with Crippen LogP contribution in [-0.2, 0) is 5.54 Å². The van der Waals surface area contributed by atoms with E-state index in [0.717, 1.165) is 4.47 Å². The smallest absolute Gasteiger partial charge is 0.0801 e. The Bertz CT molecular complexity index is 244. The molecule has 0 spiro atoms. The highest BCUT2D eigenvalue weighted by atomic mass is 79.9. The van der Waals surface area contributed by atoms with Crippen molar-refractivity contribution in [2.24, 2.45) is 0 Å². The summed E-state index contributed by atoms with van der Waals surface area (Å²) in [4.78, 5) is 0. The summed E-state index contributed by atoms with van der Waals surface area (Å²) in [5.74, 6) is 0. The molecule has 0 bridgehead atoms. The lowest BCUT2D eigenvalue weighted by molar-refractivity contribution is 0.152. The fourth-order valence-electron chi connectivity index (χ4n) is 0.704. The van der Waals surface area contributed by atoms with Gasteiger partial charge < -0.3 is 5.11 Å². The van der Waals surface area contributed by atoms with Gasteiger partial charge in [0.05, 0.1) is 22.8 Å². The van der Waals surface area contributed by atoms with Crippen LogP contribution < -0.4 is 0 Å². The minimum Gasteiger partial charge on any atom is -0.394 e. The van der Waals surface area contributed by atoms with Gasteiger partial charge >= 0.3 is 0 Å². The minimum absolute atomic E-state index is 0.0844. The van der Waals surface area contributed by atoms with Crippen LogP contribution in [0.25, 0.3) is 0 Å². The van der Waals surface area contributed by atoms with Crippen molar-refractivity contribution < 1.29 is 5.11 Å². The van der Waals surface area contributed by atoms with Crippen molar-refractivity contribution in [3.63, 3.8) is 0 Å². The van der Waals surface area contributed by atoms with Crippen molar-refractivity contribution in [1.82, 2.24) is 9.78 Å². The Labute approximate surface area is 74.2 Å². The lowest BCUT2D eigenvalue weighted by Crippen LogP contribution is -2.30. The summed E-state index contributed by atoms with van der Waals surface area (Å²) in [6, 6.07) is 0. The van der Waals surface area contributed by atoms with Gasteiger partial charge in [0.2, 0.25) is 0 Å². The second-order valence-corrected chi connectivity index (χ2v) is 3.99. The van der Waals surface area contributed by atoms with Gasteiger partial charge in [0.15, 0.2) is 0 Å². The Kier molecular flexibility index (Phi) is 2.34. The van der Waals surface area contributed by atoms with Crippen LogP contribution in [-0.4, -0.2) is 21.5 Å². The quantitative estimate of drug-likeness (QED) is 0.815. The van der Waals surface area contributed by atoms with Gasteiger partial charge in [0.1, 0.15) is 0 Å². The van der Waals surface area contributed by atoms with E-state index in [-0.39, 0.29) is 12.1 Å². The van der Waals surface area contributed by atoms with Crippen LogP contribution in [0.15, 0.2) is 16.9 Å². The van der Waals surface area contributed by atoms with E-state index in [1.807, 2.05) is 20.0 Å². The average Bonchev–Trinajstić information content (AvgIpc) is 2.36. The van der Waals surface area contributed by atoms with Crippen LogP contribution in [0, 0.1) is 0 Å². The molecule has 0 radical (unpaired) electrons. The zero-order chi connectivity index (χ0) is 8.48. The molecule has 1 heterocycles. The summed E-state index contributed by atoms with van der Waals surface area (Å²) in [7, 11) is 0. The maximum Gasteiger partial charge on any atom is 0.0801 e. The number of rotatable bonds is 2. The predicted molar refractivity (Wildman–Crippen MR) is 46.3 cm³/mol. The molecule has 11 heavy (non-hydrogen) atoms. The van der Waals surface area contributed by atoms with E-state index >= 15 is 0 Å². The maximum absolute atomic E-state index is 8.98. The van der Waals surface area contributed by atoms with E-state index in [9.17, 15) is 0 Å². The molecule has 1 aromatic heterocycles. The van der Waals surface area contributed by atoms with Crippen molar-refractivity contribution in [3.05, 3.63) is 16.9 Å². The number of aliphatic hydroxyl groups is 1. The zero-order valence-electron chi connectivity index (χ0n) is 6.58. The molecule has 0 saturated carbocycles. The largest absolute Gasteiger partial charge is 0.394 e. The third kappa shape index (κ3) is 1.81. The Balaban J connectivity index is 2.92. The molecule has 0 atom stereocenters. The molecule has 0 aromatic carbocycles. The number of nitrogens with zero attached hydrogens (tertiary/aromatic N) is 2. The number of hydrogen-bond acceptors (Lipinski definition) is 2. The third-order valence-electron chi connectivity index (χ3n) is 1.56. The van der Waals surface area contributed by atoms with Gasteiger partial charge in [-0.25, -0.2) is 0 Å². The van der Waals surface area contributed by atoms with Gasteiger partial charge in [-0.2, -0.15) is 5.10 Å². The summed E-state index contributed by atoms with van der Waals surface area (Å²) >= 11 is 3.29. The van der Waals surface area contributed by atoms with Gasteiger partial charge in [0.25, 0.3) is 0 Å². The van der Waals surface area contributed by atoms with Gasteiger partial charge in [-0.15, -0.1) is 0 Å². The van der Waals surface area contributed by atoms with Gasteiger partial charge in [-0.05, 0) is 29.8 Å². The van der Waals surface area contributed by atoms with E-state index in [1.165, 1.54) is 0 Å². The van der Waals surface area contributed by atoms with Crippen molar-refractivity contribution >= 4 is 15.9 Å². The summed E-state index contributed by atoms with van der Waals surface area (Å²) < 4.78 is 2.66. The average molecular weight is 219 g/mol. The Morgan fingerprint density at radius 2 is 2.36 bits per heavy atom. The van der Waals surface area contributed by atoms with Crippen molar-refractivity contribution in [2.75, 3.05) is 6.61 Å². The molecule has 0 fully saturated rings. The van der Waals surface area contributed by atoms with Crippen LogP contribution >= 0.6 is 15.9 Å². The Morgan fingerprint density at radius 1 is 1.73 bits per heavy atom. The fraction of sp³-hybridized carbons (Fsp3) is 0.571. The van der Waals surface area contributed by atoms with Crippen molar-refractivity contribution in [2.45, 2.75) is 19.4 Å². The van der Waals surface area contributed by atoms with Crippen LogP contribution in [0.2, 0.25) is 0 Å². The van der Waals surface area contributed by atoms with Crippen molar-refractivity contribution in [1.29, 1.82) is 0 Å². The van der Waals surface area contributed by atoms with Crippen LogP contribution in [0.3, 0.4) is 0 Å². The second-order valence-electron chi connectivity index (χ2n) is 3.07. The molecule has 0 aliphatic rings. The molecule has 0 amide bonds. The first-order chi connectivity index (χ1) is 5.06. The molecule has 62 valence electrons. The molecular weight excluding hydrogens is 208 g/mol. The predicted octanol–water partition coefficient (Wildman–Crippen LogP) is 1.37. The topological polar surface area (TPSA) is 38.0 Å². The molecule has 3 nitrogen and oxygen atoms in total. The van der Waals surface area contributed by atoms with Gasteiger partial charge in [-0.1, -0.05) is 0 Å². The van der Waals surface area contributed by atoms with Crippen LogP contribution in [0.4, 0.5) is 0 Å². The monoisotopic (exact) mass is 218 g/mol.